The molecule has 2 N–H and O–H groups in total. The number of urea groups is 1. The molecule has 5 nitrogen and oxygen atoms in total. The van der Waals surface area contributed by atoms with Crippen LogP contribution in [0.15, 0.2) is 42.5 Å². The van der Waals surface area contributed by atoms with E-state index in [1.807, 2.05) is 24.0 Å². The van der Waals surface area contributed by atoms with Gasteiger partial charge in [-0.2, -0.15) is 0 Å². The second kappa shape index (κ2) is 7.99. The van der Waals surface area contributed by atoms with Gasteiger partial charge in [0.05, 0.1) is 0 Å². The van der Waals surface area contributed by atoms with Crippen LogP contribution in [0, 0.1) is 5.82 Å². The van der Waals surface area contributed by atoms with Crippen LogP contribution in [0.1, 0.15) is 30.9 Å². The minimum Gasteiger partial charge on any atom is -0.334 e. The SMILES string of the molecule is CCCN1C(=O)CCc2cc(NC(=O)NCc3ccc(F)cc3)ccc21. The van der Waals surface area contributed by atoms with E-state index in [-0.39, 0.29) is 17.8 Å². The molecule has 0 fully saturated rings. The van der Waals surface area contributed by atoms with Gasteiger partial charge in [-0.05, 0) is 54.3 Å². The Morgan fingerprint density at radius 1 is 1.15 bits per heavy atom. The molecule has 3 amide bonds. The molecule has 6 heteroatoms. The molecule has 0 saturated heterocycles. The fraction of sp³-hybridized carbons (Fsp3) is 0.300. The molecule has 2 aromatic carbocycles. The van der Waals surface area contributed by atoms with E-state index in [9.17, 15) is 14.0 Å². The number of nitrogens with zero attached hydrogens (tertiary/aromatic N) is 1. The summed E-state index contributed by atoms with van der Waals surface area (Å²) in [5.74, 6) is -0.153. The number of carbonyl (C=O) groups excluding carboxylic acids is 2. The van der Waals surface area contributed by atoms with Gasteiger partial charge in [0.2, 0.25) is 5.91 Å². The van der Waals surface area contributed by atoms with Crippen LogP contribution in [0.4, 0.5) is 20.6 Å². The van der Waals surface area contributed by atoms with Crippen molar-refractivity contribution in [3.05, 3.63) is 59.4 Å². The Labute approximate surface area is 152 Å². The Hall–Kier alpha value is -2.89. The zero-order chi connectivity index (χ0) is 18.5. The van der Waals surface area contributed by atoms with E-state index in [0.29, 0.717) is 31.6 Å². The fourth-order valence-corrected chi connectivity index (χ4v) is 3.07. The highest BCUT2D eigenvalue weighted by molar-refractivity contribution is 5.97. The first kappa shape index (κ1) is 17.9. The molecule has 1 aliphatic rings. The quantitative estimate of drug-likeness (QED) is 0.856. The van der Waals surface area contributed by atoms with Gasteiger partial charge in [-0.1, -0.05) is 19.1 Å². The first-order valence-corrected chi connectivity index (χ1v) is 8.79. The number of halogens is 1. The number of fused-ring (bicyclic) bond motifs is 1. The molecule has 26 heavy (non-hydrogen) atoms. The lowest BCUT2D eigenvalue weighted by molar-refractivity contribution is -0.118. The number of hydrogen-bond donors (Lipinski definition) is 2. The predicted molar refractivity (Wildman–Crippen MR) is 99.7 cm³/mol. The highest BCUT2D eigenvalue weighted by Gasteiger charge is 2.23. The minimum absolute atomic E-state index is 0.150. The smallest absolute Gasteiger partial charge is 0.319 e. The van der Waals surface area contributed by atoms with E-state index in [4.69, 9.17) is 0 Å². The number of nitrogens with one attached hydrogen (secondary N) is 2. The van der Waals surface area contributed by atoms with Gasteiger partial charge in [-0.3, -0.25) is 4.79 Å². The minimum atomic E-state index is -0.327. The molecule has 136 valence electrons. The summed E-state index contributed by atoms with van der Waals surface area (Å²) in [6.07, 6.45) is 2.07. The average Bonchev–Trinajstić information content (AvgIpc) is 2.64. The van der Waals surface area contributed by atoms with Crippen molar-refractivity contribution in [1.82, 2.24) is 5.32 Å². The summed E-state index contributed by atoms with van der Waals surface area (Å²) in [6, 6.07) is 11.3. The first-order valence-electron chi connectivity index (χ1n) is 8.79. The molecule has 3 rings (SSSR count). The first-order chi connectivity index (χ1) is 12.6. The van der Waals surface area contributed by atoms with Crippen LogP contribution in [-0.4, -0.2) is 18.5 Å². The van der Waals surface area contributed by atoms with Crippen molar-refractivity contribution in [3.63, 3.8) is 0 Å². The molecule has 0 atom stereocenters. The lowest BCUT2D eigenvalue weighted by atomic mass is 10.00. The lowest BCUT2D eigenvalue weighted by Crippen LogP contribution is -2.35. The maximum absolute atomic E-state index is 12.9. The largest absolute Gasteiger partial charge is 0.334 e. The molecule has 0 spiro atoms. The number of rotatable bonds is 5. The predicted octanol–water partition coefficient (Wildman–Crippen LogP) is 3.84. The van der Waals surface area contributed by atoms with Gasteiger partial charge in [0, 0.05) is 30.9 Å². The van der Waals surface area contributed by atoms with Crippen molar-refractivity contribution >= 4 is 23.3 Å². The van der Waals surface area contributed by atoms with Crippen LogP contribution < -0.4 is 15.5 Å². The van der Waals surface area contributed by atoms with Crippen molar-refractivity contribution < 1.29 is 14.0 Å². The number of amides is 3. The van der Waals surface area contributed by atoms with Gasteiger partial charge in [0.25, 0.3) is 0 Å². The Kier molecular flexibility index (Phi) is 5.51. The van der Waals surface area contributed by atoms with Gasteiger partial charge in [-0.25, -0.2) is 9.18 Å². The summed E-state index contributed by atoms with van der Waals surface area (Å²) in [4.78, 5) is 26.0. The molecule has 1 heterocycles. The van der Waals surface area contributed by atoms with Crippen molar-refractivity contribution in [2.45, 2.75) is 32.7 Å². The lowest BCUT2D eigenvalue weighted by Gasteiger charge is -2.29. The molecule has 0 aromatic heterocycles. The van der Waals surface area contributed by atoms with Gasteiger partial charge in [-0.15, -0.1) is 0 Å². The van der Waals surface area contributed by atoms with Crippen molar-refractivity contribution in [1.29, 1.82) is 0 Å². The Balaban J connectivity index is 1.62. The summed E-state index contributed by atoms with van der Waals surface area (Å²) in [5, 5.41) is 5.55. The topological polar surface area (TPSA) is 61.4 Å². The molecular weight excluding hydrogens is 333 g/mol. The van der Waals surface area contributed by atoms with Crippen molar-refractivity contribution in [3.8, 4) is 0 Å². The van der Waals surface area contributed by atoms with E-state index < -0.39 is 0 Å². The summed E-state index contributed by atoms with van der Waals surface area (Å²) in [6.45, 7) is 3.07. The number of carbonyl (C=O) groups is 2. The van der Waals surface area contributed by atoms with Gasteiger partial charge in [0.1, 0.15) is 5.82 Å². The standard InChI is InChI=1S/C20H22FN3O2/c1-2-11-24-18-9-8-17(12-15(18)5-10-19(24)25)23-20(26)22-13-14-3-6-16(21)7-4-14/h3-4,6-9,12H,2,5,10-11,13H2,1H3,(H2,22,23,26). The highest BCUT2D eigenvalue weighted by Crippen LogP contribution is 2.30. The Morgan fingerprint density at radius 3 is 2.65 bits per heavy atom. The molecule has 0 unspecified atom stereocenters. The van der Waals surface area contributed by atoms with Crippen LogP contribution in [0.5, 0.6) is 0 Å². The average molecular weight is 355 g/mol. The maximum atomic E-state index is 12.9. The Bertz CT molecular complexity index is 805. The van der Waals surface area contributed by atoms with Crippen LogP contribution in [-0.2, 0) is 17.8 Å². The van der Waals surface area contributed by atoms with Crippen molar-refractivity contribution in [2.24, 2.45) is 0 Å². The number of anilines is 2. The molecule has 0 radical (unpaired) electrons. The summed E-state index contributed by atoms with van der Waals surface area (Å²) < 4.78 is 12.9. The maximum Gasteiger partial charge on any atom is 0.319 e. The molecule has 1 aliphatic heterocycles. The monoisotopic (exact) mass is 355 g/mol. The van der Waals surface area contributed by atoms with E-state index >= 15 is 0 Å². The molecule has 0 saturated carbocycles. The normalized spacial score (nSPS) is 13.3. The Morgan fingerprint density at radius 2 is 1.92 bits per heavy atom. The third kappa shape index (κ3) is 4.20. The van der Waals surface area contributed by atoms with Crippen LogP contribution in [0.3, 0.4) is 0 Å². The second-order valence-corrected chi connectivity index (χ2v) is 6.32. The van der Waals surface area contributed by atoms with Crippen molar-refractivity contribution in [2.75, 3.05) is 16.8 Å². The van der Waals surface area contributed by atoms with Crippen LogP contribution >= 0.6 is 0 Å². The van der Waals surface area contributed by atoms with Gasteiger partial charge < -0.3 is 15.5 Å². The molecule has 0 aliphatic carbocycles. The summed E-state index contributed by atoms with van der Waals surface area (Å²) >= 11 is 0. The fourth-order valence-electron chi connectivity index (χ4n) is 3.07. The van der Waals surface area contributed by atoms with E-state index in [1.165, 1.54) is 12.1 Å². The van der Waals surface area contributed by atoms with E-state index in [2.05, 4.69) is 10.6 Å². The summed E-state index contributed by atoms with van der Waals surface area (Å²) in [7, 11) is 0. The van der Waals surface area contributed by atoms with E-state index in [1.54, 1.807) is 18.2 Å². The number of aryl methyl sites for hydroxylation is 1. The highest BCUT2D eigenvalue weighted by atomic mass is 19.1. The third-order valence-corrected chi connectivity index (χ3v) is 4.35. The molecule has 0 bridgehead atoms. The number of hydrogen-bond acceptors (Lipinski definition) is 2. The van der Waals surface area contributed by atoms with Gasteiger partial charge in [0.15, 0.2) is 0 Å². The summed E-state index contributed by atoms with van der Waals surface area (Å²) in [5.41, 5.74) is 3.50. The molecule has 2 aromatic rings. The third-order valence-electron chi connectivity index (χ3n) is 4.35. The number of benzene rings is 2. The van der Waals surface area contributed by atoms with E-state index in [0.717, 1.165) is 23.2 Å². The van der Waals surface area contributed by atoms with Crippen LogP contribution in [0.2, 0.25) is 0 Å². The second-order valence-electron chi connectivity index (χ2n) is 6.32. The van der Waals surface area contributed by atoms with Gasteiger partial charge >= 0.3 is 6.03 Å². The zero-order valence-corrected chi connectivity index (χ0v) is 14.7. The zero-order valence-electron chi connectivity index (χ0n) is 14.7. The van der Waals surface area contributed by atoms with Crippen LogP contribution in [0.25, 0.3) is 0 Å². The molecular formula is C20H22FN3O2.